The number of hydrogen-bond acceptors (Lipinski definition) is 7. The van der Waals surface area contributed by atoms with Gasteiger partial charge in [0, 0.05) is 25.2 Å². The van der Waals surface area contributed by atoms with Crippen molar-refractivity contribution < 1.29 is 18.3 Å². The Morgan fingerprint density at radius 1 is 1.21 bits per heavy atom. The highest BCUT2D eigenvalue weighted by molar-refractivity contribution is 7.89. The summed E-state index contributed by atoms with van der Waals surface area (Å²) < 4.78 is 23.0. The first kappa shape index (κ1) is 18.1. The molecule has 24 heavy (non-hydrogen) atoms. The van der Waals surface area contributed by atoms with Crippen LogP contribution >= 0.6 is 0 Å². The lowest BCUT2D eigenvalue weighted by Crippen LogP contribution is -2.28. The predicted molar refractivity (Wildman–Crippen MR) is 86.4 cm³/mol. The molecule has 0 amide bonds. The number of hydrogen-bond donors (Lipinski definition) is 1. The van der Waals surface area contributed by atoms with Gasteiger partial charge in [-0.15, -0.1) is 0 Å². The highest BCUT2D eigenvalue weighted by Crippen LogP contribution is 2.42. The van der Waals surface area contributed by atoms with E-state index in [4.69, 9.17) is 5.14 Å². The number of nitrogens with two attached hydrogens (primary N) is 1. The third kappa shape index (κ3) is 3.97. The first-order valence-electron chi connectivity index (χ1n) is 7.39. The number of nitro groups is 2. The highest BCUT2D eigenvalue weighted by atomic mass is 32.2. The molecule has 10 nitrogen and oxygen atoms in total. The molecule has 1 aliphatic carbocycles. The Kier molecular flexibility index (Phi) is 5.04. The van der Waals surface area contributed by atoms with E-state index in [1.165, 1.54) is 0 Å². The number of rotatable bonds is 8. The number of benzene rings is 1. The molecule has 0 atom stereocenters. The van der Waals surface area contributed by atoms with Crippen LogP contribution in [0, 0.1) is 26.1 Å². The van der Waals surface area contributed by atoms with Crippen LogP contribution in [0.3, 0.4) is 0 Å². The van der Waals surface area contributed by atoms with Gasteiger partial charge in [0.1, 0.15) is 0 Å². The van der Waals surface area contributed by atoms with Crippen LogP contribution in [-0.4, -0.2) is 31.4 Å². The summed E-state index contributed by atoms with van der Waals surface area (Å²) in [7, 11) is -4.31. The van der Waals surface area contributed by atoms with Gasteiger partial charge < -0.3 is 4.90 Å². The van der Waals surface area contributed by atoms with Gasteiger partial charge in [-0.2, -0.15) is 0 Å². The molecule has 2 N–H and O–H groups in total. The minimum Gasteiger partial charge on any atom is -0.360 e. The summed E-state index contributed by atoms with van der Waals surface area (Å²) in [5.41, 5.74) is -1.41. The summed E-state index contributed by atoms with van der Waals surface area (Å²) in [6, 6.07) is 1.57. The molecule has 0 aromatic heterocycles. The maximum atomic E-state index is 11.5. The highest BCUT2D eigenvalue weighted by Gasteiger charge is 2.35. The molecule has 0 bridgehead atoms. The molecule has 132 valence electrons. The van der Waals surface area contributed by atoms with Gasteiger partial charge in [-0.1, -0.05) is 6.92 Å². The monoisotopic (exact) mass is 358 g/mol. The molecule has 0 unspecified atom stereocenters. The average Bonchev–Trinajstić information content (AvgIpc) is 3.28. The van der Waals surface area contributed by atoms with Crippen molar-refractivity contribution in [2.75, 3.05) is 18.0 Å². The summed E-state index contributed by atoms with van der Waals surface area (Å²) in [6.07, 6.45) is 2.58. The summed E-state index contributed by atoms with van der Waals surface area (Å²) >= 11 is 0. The van der Waals surface area contributed by atoms with Crippen LogP contribution in [0.4, 0.5) is 17.1 Å². The Bertz CT molecular complexity index is 740. The predicted octanol–water partition coefficient (Wildman–Crippen LogP) is 1.78. The van der Waals surface area contributed by atoms with Gasteiger partial charge in [0.15, 0.2) is 5.69 Å². The maximum absolute atomic E-state index is 11.5. The molecule has 1 aromatic rings. The van der Waals surface area contributed by atoms with Crippen molar-refractivity contribution in [2.24, 2.45) is 11.1 Å². The van der Waals surface area contributed by atoms with Crippen LogP contribution < -0.4 is 10.0 Å². The smallest absolute Gasteiger partial charge is 0.301 e. The Morgan fingerprint density at radius 3 is 2.04 bits per heavy atom. The van der Waals surface area contributed by atoms with Gasteiger partial charge >= 0.3 is 11.4 Å². The van der Waals surface area contributed by atoms with E-state index in [1.807, 2.05) is 6.92 Å². The molecular weight excluding hydrogens is 340 g/mol. The topological polar surface area (TPSA) is 150 Å². The SMILES string of the molecule is CCCN(CC1CC1)c1c([N+](=O)[O-])cc(S(N)(=O)=O)cc1[N+](=O)[O-]. The summed E-state index contributed by atoms with van der Waals surface area (Å²) in [4.78, 5) is 22.1. The van der Waals surface area contributed by atoms with E-state index in [2.05, 4.69) is 0 Å². The van der Waals surface area contributed by atoms with Gasteiger partial charge in [0.2, 0.25) is 10.0 Å². The van der Waals surface area contributed by atoms with Crippen LogP contribution in [0.15, 0.2) is 17.0 Å². The molecule has 1 aromatic carbocycles. The zero-order valence-electron chi connectivity index (χ0n) is 13.0. The first-order valence-corrected chi connectivity index (χ1v) is 8.94. The molecule has 0 heterocycles. The van der Waals surface area contributed by atoms with Crippen molar-refractivity contribution in [1.29, 1.82) is 0 Å². The largest absolute Gasteiger partial charge is 0.360 e. The molecule has 1 fully saturated rings. The summed E-state index contributed by atoms with van der Waals surface area (Å²) in [5.74, 6) is 0.341. The number of sulfonamides is 1. The van der Waals surface area contributed by atoms with Crippen LogP contribution in [0.25, 0.3) is 0 Å². The van der Waals surface area contributed by atoms with E-state index in [-0.39, 0.29) is 5.69 Å². The molecule has 0 radical (unpaired) electrons. The van der Waals surface area contributed by atoms with Crippen LogP contribution in [0.5, 0.6) is 0 Å². The minimum atomic E-state index is -4.31. The van der Waals surface area contributed by atoms with Crippen molar-refractivity contribution in [3.05, 3.63) is 32.4 Å². The van der Waals surface area contributed by atoms with Crippen molar-refractivity contribution in [3.63, 3.8) is 0 Å². The molecule has 1 aliphatic rings. The van der Waals surface area contributed by atoms with E-state index < -0.39 is 36.1 Å². The Hall–Kier alpha value is -2.27. The number of anilines is 1. The second-order valence-corrected chi connectivity index (χ2v) is 7.32. The number of nitro benzene ring substituents is 2. The molecule has 0 spiro atoms. The Morgan fingerprint density at radius 2 is 1.71 bits per heavy atom. The quantitative estimate of drug-likeness (QED) is 0.549. The van der Waals surface area contributed by atoms with Gasteiger partial charge in [-0.05, 0) is 25.2 Å². The first-order chi connectivity index (χ1) is 11.1. The lowest BCUT2D eigenvalue weighted by atomic mass is 10.2. The van der Waals surface area contributed by atoms with Crippen LogP contribution in [0.1, 0.15) is 26.2 Å². The van der Waals surface area contributed by atoms with Gasteiger partial charge in [0.25, 0.3) is 0 Å². The van der Waals surface area contributed by atoms with Crippen molar-refractivity contribution in [1.82, 2.24) is 0 Å². The molecule has 11 heteroatoms. The van der Waals surface area contributed by atoms with Gasteiger partial charge in [0.05, 0.1) is 14.7 Å². The normalized spacial score (nSPS) is 14.4. The van der Waals surface area contributed by atoms with Gasteiger partial charge in [-0.3, -0.25) is 20.2 Å². The second-order valence-electron chi connectivity index (χ2n) is 5.76. The molecule has 1 saturated carbocycles. The number of primary sulfonamides is 1. The minimum absolute atomic E-state index is 0.161. The van der Waals surface area contributed by atoms with Crippen molar-refractivity contribution in [3.8, 4) is 0 Å². The molecule has 2 rings (SSSR count). The maximum Gasteiger partial charge on any atom is 0.301 e. The summed E-state index contributed by atoms with van der Waals surface area (Å²) in [5, 5.41) is 27.8. The molecule has 0 aliphatic heterocycles. The lowest BCUT2D eigenvalue weighted by molar-refractivity contribution is -0.393. The summed E-state index contributed by atoms with van der Waals surface area (Å²) in [6.45, 7) is 2.72. The fourth-order valence-corrected chi connectivity index (χ4v) is 3.07. The van der Waals surface area contributed by atoms with Gasteiger partial charge in [-0.25, -0.2) is 13.6 Å². The lowest BCUT2D eigenvalue weighted by Gasteiger charge is -2.24. The van der Waals surface area contributed by atoms with E-state index in [0.29, 0.717) is 25.4 Å². The fourth-order valence-electron chi connectivity index (χ4n) is 2.52. The molecule has 0 saturated heterocycles. The average molecular weight is 358 g/mol. The Labute approximate surface area is 138 Å². The molecular formula is C13H18N4O6S. The Balaban J connectivity index is 2.69. The third-order valence-corrected chi connectivity index (χ3v) is 4.64. The van der Waals surface area contributed by atoms with E-state index in [1.54, 1.807) is 4.90 Å². The zero-order valence-corrected chi connectivity index (χ0v) is 13.9. The zero-order chi connectivity index (χ0) is 18.1. The van der Waals surface area contributed by atoms with E-state index in [9.17, 15) is 28.6 Å². The standard InChI is InChI=1S/C13H18N4O6S/c1-2-5-15(8-9-3-4-9)13-11(16(18)19)6-10(24(14,22)23)7-12(13)17(20)21/h6-7,9H,2-5,8H2,1H3,(H2,14,22,23). The fraction of sp³-hybridized carbons (Fsp3) is 0.538. The van der Waals surface area contributed by atoms with Crippen LogP contribution in [0.2, 0.25) is 0 Å². The van der Waals surface area contributed by atoms with E-state index in [0.717, 1.165) is 25.0 Å². The van der Waals surface area contributed by atoms with Crippen molar-refractivity contribution in [2.45, 2.75) is 31.1 Å². The number of nitrogens with zero attached hydrogens (tertiary/aromatic N) is 3. The third-order valence-electron chi connectivity index (χ3n) is 3.75. The second kappa shape index (κ2) is 6.69. The van der Waals surface area contributed by atoms with E-state index >= 15 is 0 Å². The van der Waals surface area contributed by atoms with Crippen LogP contribution in [-0.2, 0) is 10.0 Å². The van der Waals surface area contributed by atoms with Crippen molar-refractivity contribution >= 4 is 27.1 Å².